The highest BCUT2D eigenvalue weighted by Gasteiger charge is 2.34. The lowest BCUT2D eigenvalue weighted by Gasteiger charge is -2.34. The van der Waals surface area contributed by atoms with Gasteiger partial charge in [-0.25, -0.2) is 8.42 Å². The van der Waals surface area contributed by atoms with Crippen molar-refractivity contribution < 1.29 is 13.2 Å². The van der Waals surface area contributed by atoms with Crippen LogP contribution in [0.25, 0.3) is 0 Å². The Balaban J connectivity index is 1.78. The Morgan fingerprint density at radius 3 is 2.92 bits per heavy atom. The van der Waals surface area contributed by atoms with Crippen LogP contribution in [-0.2, 0) is 16.4 Å². The molecule has 2 aromatic heterocycles. The molecule has 1 atom stereocenters. The molecule has 0 radical (unpaired) electrons. The highest BCUT2D eigenvalue weighted by molar-refractivity contribution is 7.89. The fourth-order valence-corrected chi connectivity index (χ4v) is 6.83. The van der Waals surface area contributed by atoms with E-state index in [1.807, 2.05) is 6.07 Å². The molecule has 1 aliphatic heterocycles. The number of nitrogens with zero attached hydrogens (tertiary/aromatic N) is 1. The first-order valence-electron chi connectivity index (χ1n) is 8.37. The van der Waals surface area contributed by atoms with E-state index >= 15 is 0 Å². The van der Waals surface area contributed by atoms with E-state index in [0.29, 0.717) is 11.4 Å². The zero-order chi connectivity index (χ0) is 17.9. The summed E-state index contributed by atoms with van der Waals surface area (Å²) in [6, 6.07) is 5.65. The van der Waals surface area contributed by atoms with Gasteiger partial charge in [-0.05, 0) is 43.2 Å². The Bertz CT molecular complexity index is 812. The maximum atomic E-state index is 13.1. The first-order valence-corrected chi connectivity index (χ1v) is 11.6. The third-order valence-corrected chi connectivity index (χ3v) is 8.45. The smallest absolute Gasteiger partial charge is 0.261 e. The maximum absolute atomic E-state index is 13.1. The van der Waals surface area contributed by atoms with Crippen molar-refractivity contribution in [2.75, 3.05) is 13.6 Å². The predicted molar refractivity (Wildman–Crippen MR) is 102 cm³/mol. The molecule has 8 heteroatoms. The van der Waals surface area contributed by atoms with Gasteiger partial charge in [-0.2, -0.15) is 4.31 Å². The van der Waals surface area contributed by atoms with Gasteiger partial charge in [-0.3, -0.25) is 4.79 Å². The molecule has 5 nitrogen and oxygen atoms in total. The van der Waals surface area contributed by atoms with Crippen molar-refractivity contribution in [1.29, 1.82) is 0 Å². The maximum Gasteiger partial charge on any atom is 0.261 e. The summed E-state index contributed by atoms with van der Waals surface area (Å²) in [5, 5.41) is 6.16. The zero-order valence-corrected chi connectivity index (χ0v) is 16.6. The van der Waals surface area contributed by atoms with Crippen molar-refractivity contribution >= 4 is 38.6 Å². The molecule has 0 aromatic carbocycles. The SMILES string of the molecule is CNC(=O)c1cc(S(=O)(=O)N2CCCCC2CCc2cccs2)cs1. The Morgan fingerprint density at radius 2 is 2.20 bits per heavy atom. The van der Waals surface area contributed by atoms with Crippen molar-refractivity contribution in [1.82, 2.24) is 9.62 Å². The molecule has 136 valence electrons. The van der Waals surface area contributed by atoms with Crippen LogP contribution >= 0.6 is 22.7 Å². The fourth-order valence-electron chi connectivity index (χ4n) is 3.17. The van der Waals surface area contributed by atoms with E-state index in [1.54, 1.807) is 28.1 Å². The van der Waals surface area contributed by atoms with Crippen LogP contribution in [0.1, 0.15) is 40.2 Å². The van der Waals surface area contributed by atoms with Crippen molar-refractivity contribution in [2.24, 2.45) is 0 Å². The van der Waals surface area contributed by atoms with Gasteiger partial charge in [0.25, 0.3) is 5.91 Å². The van der Waals surface area contributed by atoms with Gasteiger partial charge >= 0.3 is 0 Å². The molecule has 3 heterocycles. The van der Waals surface area contributed by atoms with E-state index in [4.69, 9.17) is 0 Å². The molecule has 1 unspecified atom stereocenters. The number of nitrogens with one attached hydrogen (secondary N) is 1. The second-order valence-electron chi connectivity index (χ2n) is 6.11. The predicted octanol–water partition coefficient (Wildman–Crippen LogP) is 3.35. The summed E-state index contributed by atoms with van der Waals surface area (Å²) in [5.74, 6) is -0.251. The summed E-state index contributed by atoms with van der Waals surface area (Å²) in [6.45, 7) is 0.558. The molecule has 1 fully saturated rings. The molecule has 1 amide bonds. The van der Waals surface area contributed by atoms with Crippen LogP contribution in [0.2, 0.25) is 0 Å². The summed E-state index contributed by atoms with van der Waals surface area (Å²) in [7, 11) is -2.01. The second kappa shape index (κ2) is 7.99. The van der Waals surface area contributed by atoms with Gasteiger partial charge in [0, 0.05) is 29.9 Å². The number of hydrogen-bond acceptors (Lipinski definition) is 5. The highest BCUT2D eigenvalue weighted by atomic mass is 32.2. The van der Waals surface area contributed by atoms with E-state index in [0.717, 1.165) is 32.1 Å². The minimum atomic E-state index is -3.56. The molecule has 25 heavy (non-hydrogen) atoms. The van der Waals surface area contributed by atoms with E-state index in [9.17, 15) is 13.2 Å². The van der Waals surface area contributed by atoms with Crippen LogP contribution in [0.5, 0.6) is 0 Å². The second-order valence-corrected chi connectivity index (χ2v) is 9.94. The molecule has 0 aliphatic carbocycles. The molecule has 1 N–H and O–H groups in total. The molecule has 0 bridgehead atoms. The minimum absolute atomic E-state index is 0.0317. The standard InChI is InChI=1S/C17H22N2O3S3/c1-18-17(20)16-11-15(12-24-16)25(21,22)19-9-3-2-5-13(19)7-8-14-6-4-10-23-14/h4,6,10-13H,2-3,5,7-9H2,1H3,(H,18,20). The normalized spacial score (nSPS) is 19.0. The first-order chi connectivity index (χ1) is 12.0. The molecule has 0 saturated carbocycles. The number of carbonyl (C=O) groups excluding carboxylic acids is 1. The van der Waals surface area contributed by atoms with Crippen molar-refractivity contribution in [3.05, 3.63) is 38.7 Å². The Hall–Kier alpha value is -1.22. The third kappa shape index (κ3) is 4.13. The average molecular weight is 399 g/mol. The topological polar surface area (TPSA) is 66.5 Å². The molecule has 1 aliphatic rings. The number of carbonyl (C=O) groups is 1. The third-order valence-electron chi connectivity index (χ3n) is 4.51. The minimum Gasteiger partial charge on any atom is -0.354 e. The summed E-state index contributed by atoms with van der Waals surface area (Å²) in [4.78, 5) is 13.7. The Labute approximate surface area is 156 Å². The van der Waals surface area contributed by atoms with Gasteiger partial charge in [-0.15, -0.1) is 22.7 Å². The monoisotopic (exact) mass is 398 g/mol. The molecular formula is C17H22N2O3S3. The first kappa shape index (κ1) is 18.6. The molecule has 2 aromatic rings. The lowest BCUT2D eigenvalue weighted by molar-refractivity contribution is 0.0967. The fraction of sp³-hybridized carbons (Fsp3) is 0.471. The average Bonchev–Trinajstić information content (AvgIpc) is 3.31. The van der Waals surface area contributed by atoms with E-state index in [-0.39, 0.29) is 16.8 Å². The van der Waals surface area contributed by atoms with Crippen molar-refractivity contribution in [3.8, 4) is 0 Å². The van der Waals surface area contributed by atoms with E-state index in [1.165, 1.54) is 22.3 Å². The molecule has 3 rings (SSSR count). The molecule has 0 spiro atoms. The Morgan fingerprint density at radius 1 is 1.36 bits per heavy atom. The zero-order valence-electron chi connectivity index (χ0n) is 14.1. The molecular weight excluding hydrogens is 376 g/mol. The van der Waals surface area contributed by atoms with E-state index in [2.05, 4.69) is 16.8 Å². The van der Waals surface area contributed by atoms with Crippen LogP contribution < -0.4 is 5.32 Å². The number of sulfonamides is 1. The van der Waals surface area contributed by atoms with Gasteiger partial charge in [0.15, 0.2) is 0 Å². The largest absolute Gasteiger partial charge is 0.354 e. The lowest BCUT2D eigenvalue weighted by atomic mass is 10.0. The summed E-state index contributed by atoms with van der Waals surface area (Å²) in [6.07, 6.45) is 4.60. The number of piperidine rings is 1. The van der Waals surface area contributed by atoms with Gasteiger partial charge < -0.3 is 5.32 Å². The quantitative estimate of drug-likeness (QED) is 0.811. The molecule has 1 saturated heterocycles. The van der Waals surface area contributed by atoms with E-state index < -0.39 is 10.0 Å². The van der Waals surface area contributed by atoms with Gasteiger partial charge in [0.05, 0.1) is 9.77 Å². The van der Waals surface area contributed by atoms with Gasteiger partial charge in [0.1, 0.15) is 0 Å². The summed E-state index contributed by atoms with van der Waals surface area (Å²) < 4.78 is 27.8. The highest BCUT2D eigenvalue weighted by Crippen LogP contribution is 2.30. The van der Waals surface area contributed by atoms with Crippen LogP contribution in [-0.4, -0.2) is 38.3 Å². The summed E-state index contributed by atoms with van der Waals surface area (Å²) >= 11 is 2.88. The number of thiophene rings is 2. The summed E-state index contributed by atoms with van der Waals surface area (Å²) in [5.41, 5.74) is 0. The van der Waals surface area contributed by atoms with Crippen LogP contribution in [0.15, 0.2) is 33.9 Å². The van der Waals surface area contributed by atoms with Gasteiger partial charge in [0.2, 0.25) is 10.0 Å². The lowest BCUT2D eigenvalue weighted by Crippen LogP contribution is -2.43. The number of hydrogen-bond donors (Lipinski definition) is 1. The number of aryl methyl sites for hydroxylation is 1. The number of amides is 1. The van der Waals surface area contributed by atoms with Crippen molar-refractivity contribution in [3.63, 3.8) is 0 Å². The Kier molecular flexibility index (Phi) is 5.93. The van der Waals surface area contributed by atoms with Crippen LogP contribution in [0.4, 0.5) is 0 Å². The van der Waals surface area contributed by atoms with Crippen LogP contribution in [0, 0.1) is 0 Å². The van der Waals surface area contributed by atoms with Gasteiger partial charge in [-0.1, -0.05) is 12.5 Å². The van der Waals surface area contributed by atoms with Crippen LogP contribution in [0.3, 0.4) is 0 Å². The number of rotatable bonds is 6. The van der Waals surface area contributed by atoms with Crippen molar-refractivity contribution in [2.45, 2.75) is 43.0 Å².